The monoisotopic (exact) mass is 253 g/mol. The average molecular weight is 253 g/mol. The molecule has 0 heterocycles. The maximum absolute atomic E-state index is 10.7. The van der Waals surface area contributed by atoms with Crippen molar-refractivity contribution in [3.8, 4) is 5.75 Å². The highest BCUT2D eigenvalue weighted by Crippen LogP contribution is 2.29. The van der Waals surface area contributed by atoms with Crippen LogP contribution in [0.25, 0.3) is 0 Å². The maximum Gasteiger partial charge on any atom is 0.270 e. The first-order valence-electron chi connectivity index (χ1n) is 6.04. The first-order chi connectivity index (χ1) is 8.45. The van der Waals surface area contributed by atoms with Crippen molar-refractivity contribution < 1.29 is 14.8 Å². The summed E-state index contributed by atoms with van der Waals surface area (Å²) in [4.78, 5) is 10.2. The highest BCUT2D eigenvalue weighted by atomic mass is 16.6. The van der Waals surface area contributed by atoms with E-state index < -0.39 is 11.0 Å². The van der Waals surface area contributed by atoms with Crippen molar-refractivity contribution >= 4 is 5.69 Å². The van der Waals surface area contributed by atoms with Crippen LogP contribution in [0, 0.1) is 16.0 Å². The van der Waals surface area contributed by atoms with Crippen molar-refractivity contribution in [1.82, 2.24) is 0 Å². The summed E-state index contributed by atoms with van der Waals surface area (Å²) in [6, 6.07) is 4.29. The Morgan fingerprint density at radius 1 is 1.44 bits per heavy atom. The zero-order valence-electron chi connectivity index (χ0n) is 10.9. The summed E-state index contributed by atoms with van der Waals surface area (Å²) < 4.78 is 5.60. The summed E-state index contributed by atoms with van der Waals surface area (Å²) >= 11 is 0. The second kappa shape index (κ2) is 6.35. The molecule has 0 aliphatic rings. The molecule has 0 radical (unpaired) electrons. The molecule has 5 nitrogen and oxygen atoms in total. The van der Waals surface area contributed by atoms with Crippen molar-refractivity contribution in [2.45, 2.75) is 33.3 Å². The van der Waals surface area contributed by atoms with Gasteiger partial charge >= 0.3 is 0 Å². The highest BCUT2D eigenvalue weighted by molar-refractivity contribution is 5.44. The number of aliphatic hydroxyl groups excluding tert-OH is 1. The molecule has 1 rings (SSSR count). The Hall–Kier alpha value is -1.62. The number of rotatable bonds is 6. The number of benzene rings is 1. The second-order valence-electron chi connectivity index (χ2n) is 4.48. The molecule has 0 amide bonds. The van der Waals surface area contributed by atoms with Crippen LogP contribution in [0.3, 0.4) is 0 Å². The third-order valence-corrected chi connectivity index (χ3v) is 2.87. The SMILES string of the molecule is CCC(C)COc1ccc([N+](=O)[O-])cc1[C@H](C)O. The molecule has 18 heavy (non-hydrogen) atoms. The van der Waals surface area contributed by atoms with Crippen LogP contribution in [-0.4, -0.2) is 16.6 Å². The van der Waals surface area contributed by atoms with E-state index in [1.807, 2.05) is 0 Å². The van der Waals surface area contributed by atoms with Gasteiger partial charge in [-0.2, -0.15) is 0 Å². The van der Waals surface area contributed by atoms with Gasteiger partial charge in [-0.05, 0) is 18.9 Å². The molecule has 0 aromatic heterocycles. The van der Waals surface area contributed by atoms with Crippen LogP contribution >= 0.6 is 0 Å². The number of nitro groups is 1. The van der Waals surface area contributed by atoms with E-state index in [1.54, 1.807) is 13.0 Å². The van der Waals surface area contributed by atoms with Gasteiger partial charge in [0.05, 0.1) is 17.6 Å². The smallest absolute Gasteiger partial charge is 0.270 e. The molecular weight excluding hydrogens is 234 g/mol. The van der Waals surface area contributed by atoms with Gasteiger partial charge in [0.1, 0.15) is 5.75 Å². The molecule has 0 saturated carbocycles. The summed E-state index contributed by atoms with van der Waals surface area (Å²) in [5, 5.41) is 20.3. The number of aliphatic hydroxyl groups is 1. The Kier molecular flexibility index (Phi) is 5.09. The van der Waals surface area contributed by atoms with E-state index in [9.17, 15) is 15.2 Å². The number of hydrogen-bond donors (Lipinski definition) is 1. The molecule has 0 aliphatic heterocycles. The lowest BCUT2D eigenvalue weighted by Crippen LogP contribution is -2.09. The quantitative estimate of drug-likeness (QED) is 0.624. The van der Waals surface area contributed by atoms with Crippen molar-refractivity contribution in [3.63, 3.8) is 0 Å². The van der Waals surface area contributed by atoms with Crippen LogP contribution in [-0.2, 0) is 0 Å². The molecule has 1 N–H and O–H groups in total. The molecule has 0 aliphatic carbocycles. The lowest BCUT2D eigenvalue weighted by atomic mass is 10.1. The van der Waals surface area contributed by atoms with Gasteiger partial charge in [-0.3, -0.25) is 10.1 Å². The van der Waals surface area contributed by atoms with Crippen LogP contribution in [0.15, 0.2) is 18.2 Å². The van der Waals surface area contributed by atoms with Gasteiger partial charge in [0.2, 0.25) is 0 Å². The molecular formula is C13H19NO4. The molecule has 1 aromatic carbocycles. The van der Waals surface area contributed by atoms with Gasteiger partial charge in [-0.15, -0.1) is 0 Å². The topological polar surface area (TPSA) is 72.6 Å². The minimum Gasteiger partial charge on any atom is -0.493 e. The van der Waals surface area contributed by atoms with Gasteiger partial charge in [0.15, 0.2) is 0 Å². The van der Waals surface area contributed by atoms with E-state index in [0.29, 0.717) is 23.8 Å². The first kappa shape index (κ1) is 14.4. The molecule has 2 atom stereocenters. The number of ether oxygens (including phenoxy) is 1. The van der Waals surface area contributed by atoms with Crippen LogP contribution in [0.2, 0.25) is 0 Å². The van der Waals surface area contributed by atoms with E-state index in [0.717, 1.165) is 6.42 Å². The molecule has 1 unspecified atom stereocenters. The first-order valence-corrected chi connectivity index (χ1v) is 6.04. The van der Waals surface area contributed by atoms with E-state index in [2.05, 4.69) is 13.8 Å². The summed E-state index contributed by atoms with van der Waals surface area (Å²) in [5.41, 5.74) is 0.411. The fourth-order valence-corrected chi connectivity index (χ4v) is 1.46. The standard InChI is InChI=1S/C13H19NO4/c1-4-9(2)8-18-13-6-5-11(14(16)17)7-12(13)10(3)15/h5-7,9-10,15H,4,8H2,1-3H3/t9?,10-/m0/s1. The summed E-state index contributed by atoms with van der Waals surface area (Å²) in [5.74, 6) is 0.915. The Morgan fingerprint density at radius 3 is 2.61 bits per heavy atom. The largest absolute Gasteiger partial charge is 0.493 e. The Labute approximate surface area is 107 Å². The highest BCUT2D eigenvalue weighted by Gasteiger charge is 2.15. The van der Waals surface area contributed by atoms with Crippen LogP contribution in [0.5, 0.6) is 5.75 Å². The molecule has 0 fully saturated rings. The second-order valence-corrected chi connectivity index (χ2v) is 4.48. The lowest BCUT2D eigenvalue weighted by molar-refractivity contribution is -0.385. The molecule has 0 saturated heterocycles. The third-order valence-electron chi connectivity index (χ3n) is 2.87. The minimum absolute atomic E-state index is 0.0400. The molecule has 100 valence electrons. The molecule has 1 aromatic rings. The van der Waals surface area contributed by atoms with Gasteiger partial charge in [0, 0.05) is 17.7 Å². The Morgan fingerprint density at radius 2 is 2.11 bits per heavy atom. The zero-order chi connectivity index (χ0) is 13.7. The molecule has 5 heteroatoms. The normalized spacial score (nSPS) is 14.0. The van der Waals surface area contributed by atoms with Gasteiger partial charge in [-0.25, -0.2) is 0 Å². The van der Waals surface area contributed by atoms with Crippen molar-refractivity contribution in [2.24, 2.45) is 5.92 Å². The zero-order valence-corrected chi connectivity index (χ0v) is 10.9. The predicted octanol–water partition coefficient (Wildman–Crippen LogP) is 3.07. The summed E-state index contributed by atoms with van der Waals surface area (Å²) in [6.45, 7) is 6.23. The number of nitrogens with zero attached hydrogens (tertiary/aromatic N) is 1. The fraction of sp³-hybridized carbons (Fsp3) is 0.538. The van der Waals surface area contributed by atoms with Crippen LogP contribution < -0.4 is 4.74 Å². The van der Waals surface area contributed by atoms with E-state index in [-0.39, 0.29) is 5.69 Å². The molecule has 0 bridgehead atoms. The predicted molar refractivity (Wildman–Crippen MR) is 68.7 cm³/mol. The average Bonchev–Trinajstić information content (AvgIpc) is 2.35. The van der Waals surface area contributed by atoms with Gasteiger partial charge in [0.25, 0.3) is 5.69 Å². The number of hydrogen-bond acceptors (Lipinski definition) is 4. The van der Waals surface area contributed by atoms with E-state index in [4.69, 9.17) is 4.74 Å². The Balaban J connectivity index is 2.93. The van der Waals surface area contributed by atoms with Gasteiger partial charge in [-0.1, -0.05) is 20.3 Å². The summed E-state index contributed by atoms with van der Waals surface area (Å²) in [7, 11) is 0. The fourth-order valence-electron chi connectivity index (χ4n) is 1.46. The van der Waals surface area contributed by atoms with Crippen LogP contribution in [0.4, 0.5) is 5.69 Å². The van der Waals surface area contributed by atoms with Crippen molar-refractivity contribution in [1.29, 1.82) is 0 Å². The van der Waals surface area contributed by atoms with E-state index in [1.165, 1.54) is 12.1 Å². The number of nitro benzene ring substituents is 1. The third kappa shape index (κ3) is 3.70. The lowest BCUT2D eigenvalue weighted by Gasteiger charge is -2.15. The van der Waals surface area contributed by atoms with Crippen molar-refractivity contribution in [2.75, 3.05) is 6.61 Å². The molecule has 0 spiro atoms. The van der Waals surface area contributed by atoms with Crippen molar-refractivity contribution in [3.05, 3.63) is 33.9 Å². The maximum atomic E-state index is 10.7. The van der Waals surface area contributed by atoms with E-state index >= 15 is 0 Å². The minimum atomic E-state index is -0.795. The van der Waals surface area contributed by atoms with Gasteiger partial charge < -0.3 is 9.84 Å². The number of non-ortho nitro benzene ring substituents is 1. The Bertz CT molecular complexity index is 417. The van der Waals surface area contributed by atoms with Crippen LogP contribution in [0.1, 0.15) is 38.9 Å². The summed E-state index contributed by atoms with van der Waals surface area (Å²) in [6.07, 6.45) is 0.202.